The summed E-state index contributed by atoms with van der Waals surface area (Å²) in [6.07, 6.45) is 2.04. The van der Waals surface area contributed by atoms with Gasteiger partial charge in [-0.2, -0.15) is 0 Å². The largest absolute Gasteiger partial charge is 0.381 e. The highest BCUT2D eigenvalue weighted by Crippen LogP contribution is 2.29. The maximum atomic E-state index is 5.75. The van der Waals surface area contributed by atoms with Crippen molar-refractivity contribution in [2.75, 3.05) is 13.7 Å². The van der Waals surface area contributed by atoms with Crippen LogP contribution in [0.1, 0.15) is 20.8 Å². The molecule has 0 unspecified atom stereocenters. The molecule has 1 aliphatic rings. The Bertz CT molecular complexity index is 201. The Kier molecular flexibility index (Phi) is 3.70. The van der Waals surface area contributed by atoms with Crippen LogP contribution in [0.5, 0.6) is 0 Å². The fourth-order valence-corrected chi connectivity index (χ4v) is 1.71. The van der Waals surface area contributed by atoms with Crippen molar-refractivity contribution >= 4 is 0 Å². The van der Waals surface area contributed by atoms with Crippen LogP contribution < -0.4 is 0 Å². The zero-order chi connectivity index (χ0) is 10.8. The summed E-state index contributed by atoms with van der Waals surface area (Å²) in [5.41, 5.74) is 0. The molecule has 0 aromatic rings. The quantitative estimate of drug-likeness (QED) is 0.649. The molecule has 3 atom stereocenters. The molecule has 1 fully saturated rings. The van der Waals surface area contributed by atoms with E-state index in [2.05, 4.69) is 6.58 Å². The molecule has 0 spiro atoms. The summed E-state index contributed by atoms with van der Waals surface area (Å²) in [5.74, 6) is -0.291. The Labute approximate surface area is 86.0 Å². The lowest BCUT2D eigenvalue weighted by Crippen LogP contribution is -2.32. The van der Waals surface area contributed by atoms with Gasteiger partial charge in [-0.15, -0.1) is 6.58 Å². The molecule has 14 heavy (non-hydrogen) atoms. The van der Waals surface area contributed by atoms with Crippen LogP contribution in [0.15, 0.2) is 12.7 Å². The van der Waals surface area contributed by atoms with Gasteiger partial charge in [0.15, 0.2) is 5.79 Å². The molecule has 1 rings (SSSR count). The van der Waals surface area contributed by atoms with Gasteiger partial charge in [0.2, 0.25) is 0 Å². The first-order valence-corrected chi connectivity index (χ1v) is 4.97. The Hall–Kier alpha value is -0.380. The molecule has 0 bridgehead atoms. The Balaban J connectivity index is 2.59. The highest BCUT2D eigenvalue weighted by atomic mass is 16.7. The molecule has 0 radical (unpaired) electrons. The lowest BCUT2D eigenvalue weighted by Gasteiger charge is -2.25. The van der Waals surface area contributed by atoms with Gasteiger partial charge >= 0.3 is 0 Å². The lowest BCUT2D eigenvalue weighted by atomic mass is 9.97. The molecule has 0 aromatic carbocycles. The van der Waals surface area contributed by atoms with Crippen molar-refractivity contribution in [2.45, 2.75) is 38.8 Å². The van der Waals surface area contributed by atoms with Gasteiger partial charge in [0, 0.05) is 13.0 Å². The van der Waals surface area contributed by atoms with Crippen LogP contribution in [0.4, 0.5) is 0 Å². The van der Waals surface area contributed by atoms with Gasteiger partial charge in [-0.3, -0.25) is 0 Å². The molecular weight excluding hydrogens is 180 g/mol. The predicted molar refractivity (Wildman–Crippen MR) is 55.1 cm³/mol. The van der Waals surface area contributed by atoms with E-state index in [0.717, 1.165) is 0 Å². The average Bonchev–Trinajstić information content (AvgIpc) is 2.47. The maximum absolute atomic E-state index is 5.75. The third-order valence-electron chi connectivity index (χ3n) is 2.65. The number of ether oxygens (including phenoxy) is 3. The molecule has 0 amide bonds. The minimum Gasteiger partial charge on any atom is -0.381 e. The topological polar surface area (TPSA) is 27.7 Å². The van der Waals surface area contributed by atoms with Gasteiger partial charge < -0.3 is 14.2 Å². The van der Waals surface area contributed by atoms with E-state index in [1.54, 1.807) is 7.11 Å². The monoisotopic (exact) mass is 200 g/mol. The van der Waals surface area contributed by atoms with Crippen LogP contribution in [0.2, 0.25) is 0 Å². The zero-order valence-corrected chi connectivity index (χ0v) is 9.45. The molecular formula is C11H20O3. The normalized spacial score (nSPS) is 29.9. The standard InChI is InChI=1S/C11H20O3/c1-6-9(8(2)12-5)10-7-13-11(3,4)14-10/h6,8-10H,1,7H2,2-5H3/t8-,9+,10+/m1/s1. The molecule has 3 nitrogen and oxygen atoms in total. The predicted octanol–water partition coefficient (Wildman–Crippen LogP) is 1.97. The van der Waals surface area contributed by atoms with Gasteiger partial charge in [0.05, 0.1) is 18.8 Å². The molecule has 0 aliphatic carbocycles. The number of hydrogen-bond acceptors (Lipinski definition) is 3. The molecule has 3 heteroatoms. The molecule has 1 saturated heterocycles. The van der Waals surface area contributed by atoms with Crippen LogP contribution in [0.3, 0.4) is 0 Å². The van der Waals surface area contributed by atoms with Crippen LogP contribution in [-0.2, 0) is 14.2 Å². The summed E-state index contributed by atoms with van der Waals surface area (Å²) in [6, 6.07) is 0. The fraction of sp³-hybridized carbons (Fsp3) is 0.818. The van der Waals surface area contributed by atoms with Gasteiger partial charge in [-0.1, -0.05) is 6.08 Å². The van der Waals surface area contributed by atoms with Gasteiger partial charge in [-0.05, 0) is 20.8 Å². The summed E-state index contributed by atoms with van der Waals surface area (Å²) < 4.78 is 16.5. The van der Waals surface area contributed by atoms with Crippen molar-refractivity contribution in [3.05, 3.63) is 12.7 Å². The van der Waals surface area contributed by atoms with Crippen molar-refractivity contribution in [1.82, 2.24) is 0 Å². The fourth-order valence-electron chi connectivity index (χ4n) is 1.71. The number of rotatable bonds is 4. The molecule has 0 aromatic heterocycles. The average molecular weight is 200 g/mol. The Morgan fingerprint density at radius 2 is 2.21 bits per heavy atom. The minimum atomic E-state index is -0.473. The minimum absolute atomic E-state index is 0.0532. The molecule has 82 valence electrons. The highest BCUT2D eigenvalue weighted by Gasteiger charge is 2.38. The molecule has 0 saturated carbocycles. The summed E-state index contributed by atoms with van der Waals surface area (Å²) in [7, 11) is 1.70. The van der Waals surface area contributed by atoms with Crippen molar-refractivity contribution < 1.29 is 14.2 Å². The van der Waals surface area contributed by atoms with E-state index in [1.807, 2.05) is 26.8 Å². The summed E-state index contributed by atoms with van der Waals surface area (Å²) in [6.45, 7) is 10.3. The summed E-state index contributed by atoms with van der Waals surface area (Å²) >= 11 is 0. The first-order valence-electron chi connectivity index (χ1n) is 4.97. The van der Waals surface area contributed by atoms with E-state index in [0.29, 0.717) is 6.61 Å². The smallest absolute Gasteiger partial charge is 0.163 e. The Morgan fingerprint density at radius 3 is 2.57 bits per heavy atom. The van der Waals surface area contributed by atoms with E-state index in [9.17, 15) is 0 Å². The third-order valence-corrected chi connectivity index (χ3v) is 2.65. The van der Waals surface area contributed by atoms with Gasteiger partial charge in [0.25, 0.3) is 0 Å². The molecule has 1 aliphatic heterocycles. The van der Waals surface area contributed by atoms with Gasteiger partial charge in [-0.25, -0.2) is 0 Å². The third kappa shape index (κ3) is 2.56. The first kappa shape index (κ1) is 11.7. The van der Waals surface area contributed by atoms with E-state index in [-0.39, 0.29) is 18.1 Å². The van der Waals surface area contributed by atoms with Gasteiger partial charge in [0.1, 0.15) is 0 Å². The SMILES string of the molecule is C=C[C@H]([C@@H]1COC(C)(C)O1)[C@@H](C)OC. The van der Waals surface area contributed by atoms with Crippen LogP contribution in [-0.4, -0.2) is 31.7 Å². The second-order valence-electron chi connectivity index (χ2n) is 4.12. The number of methoxy groups -OCH3 is 1. The van der Waals surface area contributed by atoms with E-state index in [1.165, 1.54) is 0 Å². The van der Waals surface area contributed by atoms with Crippen molar-refractivity contribution in [2.24, 2.45) is 5.92 Å². The van der Waals surface area contributed by atoms with Crippen LogP contribution in [0, 0.1) is 5.92 Å². The summed E-state index contributed by atoms with van der Waals surface area (Å²) in [4.78, 5) is 0. The Morgan fingerprint density at radius 1 is 1.57 bits per heavy atom. The summed E-state index contributed by atoms with van der Waals surface area (Å²) in [5, 5.41) is 0. The van der Waals surface area contributed by atoms with Crippen LogP contribution in [0.25, 0.3) is 0 Å². The zero-order valence-electron chi connectivity index (χ0n) is 9.45. The molecule has 1 heterocycles. The molecule has 0 N–H and O–H groups in total. The first-order chi connectivity index (χ1) is 6.50. The number of hydrogen-bond donors (Lipinski definition) is 0. The van der Waals surface area contributed by atoms with E-state index >= 15 is 0 Å². The highest BCUT2D eigenvalue weighted by molar-refractivity contribution is 4.92. The van der Waals surface area contributed by atoms with E-state index in [4.69, 9.17) is 14.2 Å². The second-order valence-corrected chi connectivity index (χ2v) is 4.12. The maximum Gasteiger partial charge on any atom is 0.163 e. The van der Waals surface area contributed by atoms with Crippen LogP contribution >= 0.6 is 0 Å². The van der Waals surface area contributed by atoms with Crippen molar-refractivity contribution in [3.63, 3.8) is 0 Å². The van der Waals surface area contributed by atoms with Crippen molar-refractivity contribution in [3.8, 4) is 0 Å². The van der Waals surface area contributed by atoms with E-state index < -0.39 is 5.79 Å². The second kappa shape index (κ2) is 4.43. The lowest BCUT2D eigenvalue weighted by molar-refractivity contribution is -0.147. The van der Waals surface area contributed by atoms with Crippen molar-refractivity contribution in [1.29, 1.82) is 0 Å².